The first-order valence-electron chi connectivity index (χ1n) is 6.03. The number of carbonyl (C=O) groups is 2. The van der Waals surface area contributed by atoms with E-state index in [0.29, 0.717) is 16.9 Å². The predicted octanol–water partition coefficient (Wildman–Crippen LogP) is 2.47. The van der Waals surface area contributed by atoms with Gasteiger partial charge in [-0.15, -0.1) is 0 Å². The maximum atomic E-state index is 12.5. The van der Waals surface area contributed by atoms with Crippen molar-refractivity contribution in [2.24, 2.45) is 0 Å². The van der Waals surface area contributed by atoms with Crippen molar-refractivity contribution in [2.45, 2.75) is 25.2 Å². The van der Waals surface area contributed by atoms with Crippen molar-refractivity contribution >= 4 is 22.4 Å². The summed E-state index contributed by atoms with van der Waals surface area (Å²) >= 11 is 0. The largest absolute Gasteiger partial charge is 0.290 e. The van der Waals surface area contributed by atoms with Gasteiger partial charge in [-0.25, -0.2) is 4.21 Å². The van der Waals surface area contributed by atoms with Crippen LogP contribution in [0, 0.1) is 6.92 Å². The zero-order valence-electron chi connectivity index (χ0n) is 10.8. The van der Waals surface area contributed by atoms with Crippen molar-refractivity contribution in [1.82, 2.24) is 0 Å². The smallest absolute Gasteiger partial charge is 0.195 e. The summed E-state index contributed by atoms with van der Waals surface area (Å²) in [6.45, 7) is 3.72. The van der Waals surface area contributed by atoms with E-state index in [1.807, 2.05) is 19.1 Å². The molecule has 0 N–H and O–H groups in total. The first-order chi connectivity index (χ1) is 9.04. The van der Waals surface area contributed by atoms with Crippen molar-refractivity contribution in [3.05, 3.63) is 52.5 Å². The zero-order valence-corrected chi connectivity index (χ0v) is 11.6. The van der Waals surface area contributed by atoms with Crippen LogP contribution in [0.2, 0.25) is 0 Å². The van der Waals surface area contributed by atoms with E-state index >= 15 is 0 Å². The van der Waals surface area contributed by atoms with E-state index in [0.717, 1.165) is 5.56 Å². The zero-order chi connectivity index (χ0) is 14.0. The van der Waals surface area contributed by atoms with Crippen LogP contribution in [-0.4, -0.2) is 15.8 Å². The fourth-order valence-electron chi connectivity index (χ4n) is 1.91. The van der Waals surface area contributed by atoms with E-state index in [1.54, 1.807) is 19.1 Å². The molecule has 4 heteroatoms. The molecule has 3 nitrogen and oxygen atoms in total. The molecule has 0 bridgehead atoms. The maximum absolute atomic E-state index is 12.5. The van der Waals surface area contributed by atoms with Crippen molar-refractivity contribution in [1.29, 1.82) is 0 Å². The molecule has 1 aliphatic carbocycles. The molecule has 0 saturated heterocycles. The predicted molar refractivity (Wildman–Crippen MR) is 74.1 cm³/mol. The molecular formula is C15H14O3S. The van der Waals surface area contributed by atoms with Crippen LogP contribution in [0.1, 0.15) is 18.9 Å². The number of benzene rings is 1. The number of ketones is 2. The second-order valence-electron chi connectivity index (χ2n) is 4.30. The Hall–Kier alpha value is -1.81. The highest BCUT2D eigenvalue weighted by Gasteiger charge is 2.26. The molecule has 0 fully saturated rings. The van der Waals surface area contributed by atoms with Crippen LogP contribution in [-0.2, 0) is 20.4 Å². The number of hydrogen-bond acceptors (Lipinski definition) is 3. The lowest BCUT2D eigenvalue weighted by Crippen LogP contribution is -2.17. The van der Waals surface area contributed by atoms with E-state index < -0.39 is 10.8 Å². The number of carbonyl (C=O) groups excluding carboxylic acids is 2. The maximum Gasteiger partial charge on any atom is 0.195 e. The minimum Gasteiger partial charge on any atom is -0.290 e. The van der Waals surface area contributed by atoms with Crippen molar-refractivity contribution < 1.29 is 13.8 Å². The summed E-state index contributed by atoms with van der Waals surface area (Å²) in [5.74, 6) is -0.562. The van der Waals surface area contributed by atoms with Crippen LogP contribution in [0.5, 0.6) is 0 Å². The lowest BCUT2D eigenvalue weighted by Gasteiger charge is -2.13. The first kappa shape index (κ1) is 13.6. The molecule has 1 aliphatic rings. The summed E-state index contributed by atoms with van der Waals surface area (Å²) in [6.07, 6.45) is 2.85. The van der Waals surface area contributed by atoms with Gasteiger partial charge >= 0.3 is 0 Å². The second-order valence-corrected chi connectivity index (χ2v) is 5.72. The third kappa shape index (κ3) is 2.63. The van der Waals surface area contributed by atoms with Crippen molar-refractivity contribution in [2.75, 3.05) is 0 Å². The van der Waals surface area contributed by atoms with Gasteiger partial charge in [-0.2, -0.15) is 0 Å². The highest BCUT2D eigenvalue weighted by atomic mass is 32.2. The van der Waals surface area contributed by atoms with Gasteiger partial charge in [0.1, 0.15) is 0 Å². The van der Waals surface area contributed by atoms with Crippen LogP contribution in [0.4, 0.5) is 0 Å². The average Bonchev–Trinajstić information content (AvgIpc) is 2.41. The SMILES string of the molecule is CCC1=C([S@@](=O)c2ccc(C)cc2)C(=O)C=CC1=O. The fraction of sp³-hybridized carbons (Fsp3) is 0.200. The molecule has 19 heavy (non-hydrogen) atoms. The Morgan fingerprint density at radius 3 is 2.16 bits per heavy atom. The summed E-state index contributed by atoms with van der Waals surface area (Å²) in [7, 11) is -1.60. The molecule has 0 heterocycles. The van der Waals surface area contributed by atoms with Gasteiger partial charge in [-0.3, -0.25) is 9.59 Å². The quantitative estimate of drug-likeness (QED) is 0.796. The molecule has 1 aromatic rings. The lowest BCUT2D eigenvalue weighted by molar-refractivity contribution is -0.114. The summed E-state index contributed by atoms with van der Waals surface area (Å²) in [5.41, 5.74) is 1.41. The normalized spacial score (nSPS) is 16.9. The summed E-state index contributed by atoms with van der Waals surface area (Å²) in [5, 5.41) is 0. The summed E-state index contributed by atoms with van der Waals surface area (Å²) < 4.78 is 12.5. The van der Waals surface area contributed by atoms with Gasteiger partial charge in [0.2, 0.25) is 0 Å². The molecule has 0 spiro atoms. The fourth-order valence-corrected chi connectivity index (χ4v) is 3.24. The Morgan fingerprint density at radius 2 is 1.58 bits per heavy atom. The average molecular weight is 274 g/mol. The standard InChI is InChI=1S/C15H14O3S/c1-3-12-13(16)8-9-14(17)15(12)19(18)11-6-4-10(2)5-7-11/h4-9H,3H2,1-2H3/t19-/m0/s1. The molecule has 0 radical (unpaired) electrons. The minimum atomic E-state index is -1.60. The van der Waals surface area contributed by atoms with E-state index in [1.165, 1.54) is 12.2 Å². The van der Waals surface area contributed by atoms with Gasteiger partial charge in [0.05, 0.1) is 15.7 Å². The van der Waals surface area contributed by atoms with Gasteiger partial charge in [0.15, 0.2) is 11.6 Å². The Kier molecular flexibility index (Phi) is 3.90. The van der Waals surface area contributed by atoms with Crippen LogP contribution < -0.4 is 0 Å². The Morgan fingerprint density at radius 1 is 1.00 bits per heavy atom. The van der Waals surface area contributed by atoms with Gasteiger partial charge < -0.3 is 0 Å². The second kappa shape index (κ2) is 5.45. The molecular weight excluding hydrogens is 260 g/mol. The number of allylic oxidation sites excluding steroid dienone is 4. The highest BCUT2D eigenvalue weighted by Crippen LogP contribution is 2.24. The molecule has 2 rings (SSSR count). The topological polar surface area (TPSA) is 51.2 Å². The van der Waals surface area contributed by atoms with Crippen LogP contribution in [0.15, 0.2) is 51.8 Å². The summed E-state index contributed by atoms with van der Waals surface area (Å²) in [6, 6.07) is 7.12. The van der Waals surface area contributed by atoms with Gasteiger partial charge in [-0.1, -0.05) is 24.6 Å². The van der Waals surface area contributed by atoms with E-state index in [2.05, 4.69) is 0 Å². The third-order valence-corrected chi connectivity index (χ3v) is 4.47. The van der Waals surface area contributed by atoms with Crippen LogP contribution in [0.3, 0.4) is 0 Å². The Labute approximate surface area is 114 Å². The van der Waals surface area contributed by atoms with Crippen molar-refractivity contribution in [3.63, 3.8) is 0 Å². The third-order valence-electron chi connectivity index (χ3n) is 2.96. The number of aryl methyl sites for hydroxylation is 1. The van der Waals surface area contributed by atoms with Gasteiger partial charge in [0, 0.05) is 10.5 Å². The highest BCUT2D eigenvalue weighted by molar-refractivity contribution is 7.90. The van der Waals surface area contributed by atoms with Gasteiger partial charge in [0.25, 0.3) is 0 Å². The molecule has 0 saturated carbocycles. The molecule has 0 amide bonds. The van der Waals surface area contributed by atoms with E-state index in [4.69, 9.17) is 0 Å². The number of rotatable bonds is 3. The molecule has 98 valence electrons. The van der Waals surface area contributed by atoms with Crippen LogP contribution in [0.25, 0.3) is 0 Å². The monoisotopic (exact) mass is 274 g/mol. The molecule has 1 atom stereocenters. The number of hydrogen-bond donors (Lipinski definition) is 0. The van der Waals surface area contributed by atoms with E-state index in [-0.39, 0.29) is 16.5 Å². The Bertz CT molecular complexity index is 621. The minimum absolute atomic E-state index is 0.124. The lowest BCUT2D eigenvalue weighted by atomic mass is 10.0. The van der Waals surface area contributed by atoms with Gasteiger partial charge in [-0.05, 0) is 37.6 Å². The van der Waals surface area contributed by atoms with Crippen LogP contribution >= 0.6 is 0 Å². The first-order valence-corrected chi connectivity index (χ1v) is 7.18. The molecule has 0 aliphatic heterocycles. The molecule has 1 aromatic carbocycles. The molecule has 0 aromatic heterocycles. The Balaban J connectivity index is 2.49. The molecule has 0 unspecified atom stereocenters. The van der Waals surface area contributed by atoms with Crippen molar-refractivity contribution in [3.8, 4) is 0 Å². The summed E-state index contributed by atoms with van der Waals surface area (Å²) in [4.78, 5) is 24.3. The van der Waals surface area contributed by atoms with E-state index in [9.17, 15) is 13.8 Å².